The summed E-state index contributed by atoms with van der Waals surface area (Å²) in [5.74, 6) is -0.360. The van der Waals surface area contributed by atoms with E-state index in [-0.39, 0.29) is 11.9 Å². The van der Waals surface area contributed by atoms with Crippen LogP contribution in [0.1, 0.15) is 20.3 Å². The number of rotatable bonds is 0. The Hall–Kier alpha value is -0.120. The van der Waals surface area contributed by atoms with Crippen LogP contribution in [-0.2, 0) is 9.47 Å². The van der Waals surface area contributed by atoms with Crippen LogP contribution in [0.5, 0.6) is 0 Å². The summed E-state index contributed by atoms with van der Waals surface area (Å²) in [6.45, 7) is 5.95. The summed E-state index contributed by atoms with van der Waals surface area (Å²) in [6.07, 6.45) is 1.68. The molecule has 11 heavy (non-hydrogen) atoms. The molecule has 0 aromatic carbocycles. The van der Waals surface area contributed by atoms with Crippen molar-refractivity contribution in [2.24, 2.45) is 0 Å². The minimum Gasteiger partial charge on any atom is -0.344 e. The minimum absolute atomic E-state index is 0.277. The first-order valence-electron chi connectivity index (χ1n) is 4.24. The second-order valence-corrected chi connectivity index (χ2v) is 3.71. The van der Waals surface area contributed by atoms with E-state index >= 15 is 0 Å². The van der Waals surface area contributed by atoms with Gasteiger partial charge in [-0.2, -0.15) is 0 Å². The zero-order chi connectivity index (χ0) is 7.90. The number of fused-ring (bicyclic) bond motifs is 1. The first kappa shape index (κ1) is 7.53. The van der Waals surface area contributed by atoms with Gasteiger partial charge in [0.15, 0.2) is 5.79 Å². The van der Waals surface area contributed by atoms with Gasteiger partial charge in [-0.1, -0.05) is 0 Å². The van der Waals surface area contributed by atoms with E-state index in [1.807, 2.05) is 13.8 Å². The van der Waals surface area contributed by atoms with Crippen LogP contribution < -0.4 is 5.32 Å². The molecule has 0 saturated carbocycles. The lowest BCUT2D eigenvalue weighted by atomic mass is 10.1. The Kier molecular flexibility index (Phi) is 1.67. The van der Waals surface area contributed by atoms with Gasteiger partial charge in [-0.15, -0.1) is 0 Å². The molecule has 2 atom stereocenters. The van der Waals surface area contributed by atoms with Crippen molar-refractivity contribution in [1.29, 1.82) is 0 Å². The van der Waals surface area contributed by atoms with Crippen LogP contribution >= 0.6 is 0 Å². The molecular weight excluding hydrogens is 142 g/mol. The average Bonchev–Trinajstić information content (AvgIpc) is 2.21. The van der Waals surface area contributed by atoms with Crippen LogP contribution in [0.4, 0.5) is 0 Å². The van der Waals surface area contributed by atoms with Gasteiger partial charge in [-0.3, -0.25) is 0 Å². The summed E-state index contributed by atoms with van der Waals surface area (Å²) >= 11 is 0. The lowest BCUT2D eigenvalue weighted by molar-refractivity contribution is -0.144. The summed E-state index contributed by atoms with van der Waals surface area (Å²) in [5.41, 5.74) is 0. The summed E-state index contributed by atoms with van der Waals surface area (Å²) in [7, 11) is 0. The Balaban J connectivity index is 2.03. The molecule has 2 heterocycles. The zero-order valence-corrected chi connectivity index (χ0v) is 7.09. The maximum atomic E-state index is 5.69. The molecule has 3 nitrogen and oxygen atoms in total. The van der Waals surface area contributed by atoms with Gasteiger partial charge in [0.25, 0.3) is 0 Å². The summed E-state index contributed by atoms with van der Waals surface area (Å²) < 4.78 is 11.4. The SMILES string of the molecule is CC1(C)O[C@H]2CNCC[C@H]2O1. The standard InChI is InChI=1S/C8H15NO2/c1-8(2)10-6-3-4-9-5-7(6)11-8/h6-7,9H,3-5H2,1-2H3/t6-,7+/m1/s1. The molecule has 0 unspecified atom stereocenters. The molecule has 0 aromatic rings. The normalized spacial score (nSPS) is 42.0. The van der Waals surface area contributed by atoms with Crippen LogP contribution in [0.2, 0.25) is 0 Å². The third kappa shape index (κ3) is 1.41. The van der Waals surface area contributed by atoms with E-state index in [1.165, 1.54) is 0 Å². The Morgan fingerprint density at radius 3 is 2.73 bits per heavy atom. The van der Waals surface area contributed by atoms with Gasteiger partial charge in [-0.05, 0) is 26.8 Å². The fourth-order valence-corrected chi connectivity index (χ4v) is 1.82. The van der Waals surface area contributed by atoms with E-state index in [0.29, 0.717) is 6.10 Å². The highest BCUT2D eigenvalue weighted by atomic mass is 16.8. The van der Waals surface area contributed by atoms with Gasteiger partial charge >= 0.3 is 0 Å². The number of hydrogen-bond donors (Lipinski definition) is 1. The van der Waals surface area contributed by atoms with E-state index in [0.717, 1.165) is 19.5 Å². The fourth-order valence-electron chi connectivity index (χ4n) is 1.82. The maximum absolute atomic E-state index is 5.69. The first-order valence-corrected chi connectivity index (χ1v) is 4.24. The third-order valence-corrected chi connectivity index (χ3v) is 2.24. The number of piperidine rings is 1. The van der Waals surface area contributed by atoms with Gasteiger partial charge in [0, 0.05) is 6.54 Å². The van der Waals surface area contributed by atoms with Gasteiger partial charge in [0.05, 0.1) is 12.2 Å². The highest BCUT2D eigenvalue weighted by Gasteiger charge is 2.41. The number of nitrogens with one attached hydrogen (secondary N) is 1. The van der Waals surface area contributed by atoms with E-state index in [1.54, 1.807) is 0 Å². The Labute approximate surface area is 67.1 Å². The van der Waals surface area contributed by atoms with Crippen LogP contribution in [0.15, 0.2) is 0 Å². The molecule has 0 radical (unpaired) electrons. The summed E-state index contributed by atoms with van der Waals surface area (Å²) in [5, 5.41) is 3.29. The average molecular weight is 157 g/mol. The molecule has 2 aliphatic rings. The molecule has 2 aliphatic heterocycles. The van der Waals surface area contributed by atoms with E-state index < -0.39 is 0 Å². The monoisotopic (exact) mass is 157 g/mol. The Morgan fingerprint density at radius 1 is 1.27 bits per heavy atom. The predicted octanol–water partition coefficient (Wildman–Crippen LogP) is 0.500. The lowest BCUT2D eigenvalue weighted by Gasteiger charge is -2.22. The molecule has 2 saturated heterocycles. The van der Waals surface area contributed by atoms with Crippen molar-refractivity contribution in [2.75, 3.05) is 13.1 Å². The van der Waals surface area contributed by atoms with Crippen molar-refractivity contribution >= 4 is 0 Å². The Bertz CT molecular complexity index is 142. The van der Waals surface area contributed by atoms with Crippen molar-refractivity contribution < 1.29 is 9.47 Å². The second kappa shape index (κ2) is 2.44. The molecule has 0 aliphatic carbocycles. The smallest absolute Gasteiger partial charge is 0.163 e. The molecule has 2 rings (SSSR count). The summed E-state index contributed by atoms with van der Waals surface area (Å²) in [4.78, 5) is 0. The lowest BCUT2D eigenvalue weighted by Crippen LogP contribution is -2.41. The second-order valence-electron chi connectivity index (χ2n) is 3.71. The maximum Gasteiger partial charge on any atom is 0.163 e. The molecule has 64 valence electrons. The largest absolute Gasteiger partial charge is 0.344 e. The van der Waals surface area contributed by atoms with Crippen LogP contribution in [0.3, 0.4) is 0 Å². The van der Waals surface area contributed by atoms with Crippen molar-refractivity contribution in [3.63, 3.8) is 0 Å². The van der Waals surface area contributed by atoms with Gasteiger partial charge < -0.3 is 14.8 Å². The van der Waals surface area contributed by atoms with Gasteiger partial charge in [0.1, 0.15) is 0 Å². The quantitative estimate of drug-likeness (QED) is 0.555. The molecule has 0 spiro atoms. The van der Waals surface area contributed by atoms with Gasteiger partial charge in [0.2, 0.25) is 0 Å². The van der Waals surface area contributed by atoms with Crippen LogP contribution in [-0.4, -0.2) is 31.1 Å². The highest BCUT2D eigenvalue weighted by molar-refractivity contribution is 4.86. The van der Waals surface area contributed by atoms with Crippen LogP contribution in [0, 0.1) is 0 Å². The molecule has 1 N–H and O–H groups in total. The Morgan fingerprint density at radius 2 is 2.00 bits per heavy atom. The van der Waals surface area contributed by atoms with Crippen molar-refractivity contribution in [3.05, 3.63) is 0 Å². The van der Waals surface area contributed by atoms with E-state index in [4.69, 9.17) is 9.47 Å². The topological polar surface area (TPSA) is 30.5 Å². The van der Waals surface area contributed by atoms with Gasteiger partial charge in [-0.25, -0.2) is 0 Å². The predicted molar refractivity (Wildman–Crippen MR) is 41.3 cm³/mol. The van der Waals surface area contributed by atoms with Crippen molar-refractivity contribution in [1.82, 2.24) is 5.32 Å². The van der Waals surface area contributed by atoms with E-state index in [2.05, 4.69) is 5.32 Å². The van der Waals surface area contributed by atoms with E-state index in [9.17, 15) is 0 Å². The third-order valence-electron chi connectivity index (χ3n) is 2.24. The van der Waals surface area contributed by atoms with Crippen molar-refractivity contribution in [3.8, 4) is 0 Å². The molecule has 0 bridgehead atoms. The molecule has 0 amide bonds. The van der Waals surface area contributed by atoms with Crippen LogP contribution in [0.25, 0.3) is 0 Å². The minimum atomic E-state index is -0.360. The molecule has 0 aromatic heterocycles. The zero-order valence-electron chi connectivity index (χ0n) is 7.09. The molecular formula is C8H15NO2. The van der Waals surface area contributed by atoms with Crippen molar-refractivity contribution in [2.45, 2.75) is 38.3 Å². The summed E-state index contributed by atoms with van der Waals surface area (Å²) in [6, 6.07) is 0. The molecule has 2 fully saturated rings. The highest BCUT2D eigenvalue weighted by Crippen LogP contribution is 2.30. The number of ether oxygens (including phenoxy) is 2. The number of hydrogen-bond acceptors (Lipinski definition) is 3. The first-order chi connectivity index (χ1) is 5.17. The fraction of sp³-hybridized carbons (Fsp3) is 1.00. The molecule has 3 heteroatoms.